The lowest BCUT2D eigenvalue weighted by atomic mass is 9.95. The van der Waals surface area contributed by atoms with Gasteiger partial charge in [0.25, 0.3) is 0 Å². The smallest absolute Gasteiger partial charge is 0.321 e. The van der Waals surface area contributed by atoms with Crippen LogP contribution in [0.25, 0.3) is 0 Å². The number of carbonyl (C=O) groups excluding carboxylic acids is 2. The summed E-state index contributed by atoms with van der Waals surface area (Å²) in [7, 11) is 0. The molecular weight excluding hydrogens is 382 g/mol. The summed E-state index contributed by atoms with van der Waals surface area (Å²) in [6, 6.07) is 15.1. The van der Waals surface area contributed by atoms with Gasteiger partial charge in [0.15, 0.2) is 11.5 Å². The number of hydrogen-bond acceptors (Lipinski definition) is 4. The Balaban J connectivity index is 1.31. The van der Waals surface area contributed by atoms with Gasteiger partial charge in [-0.2, -0.15) is 0 Å². The molecule has 2 aromatic rings. The van der Waals surface area contributed by atoms with Crippen molar-refractivity contribution in [2.75, 3.05) is 31.7 Å². The second kappa shape index (κ2) is 9.07. The zero-order chi connectivity index (χ0) is 20.9. The van der Waals surface area contributed by atoms with E-state index in [0.29, 0.717) is 39.0 Å². The predicted octanol–water partition coefficient (Wildman–Crippen LogP) is 3.71. The Morgan fingerprint density at radius 1 is 1.07 bits per heavy atom. The summed E-state index contributed by atoms with van der Waals surface area (Å²) >= 11 is 0. The van der Waals surface area contributed by atoms with Crippen LogP contribution < -0.4 is 14.8 Å². The summed E-state index contributed by atoms with van der Waals surface area (Å²) in [6.07, 6.45) is 1.36. The number of ether oxygens (including phenoxy) is 2. The number of nitrogens with one attached hydrogen (secondary N) is 1. The van der Waals surface area contributed by atoms with Crippen LogP contribution >= 0.6 is 0 Å². The molecule has 7 nitrogen and oxygen atoms in total. The van der Waals surface area contributed by atoms with E-state index >= 15 is 0 Å². The molecule has 158 valence electrons. The highest BCUT2D eigenvalue weighted by Gasteiger charge is 2.30. The normalized spacial score (nSPS) is 15.7. The van der Waals surface area contributed by atoms with Crippen LogP contribution in [0.15, 0.2) is 48.5 Å². The van der Waals surface area contributed by atoms with Gasteiger partial charge in [0.1, 0.15) is 0 Å². The maximum Gasteiger partial charge on any atom is 0.321 e. The molecule has 30 heavy (non-hydrogen) atoms. The van der Waals surface area contributed by atoms with E-state index in [0.717, 1.165) is 22.7 Å². The summed E-state index contributed by atoms with van der Waals surface area (Å²) in [5.41, 5.74) is 1.80. The number of carbonyl (C=O) groups is 2. The number of urea groups is 1. The Hall–Kier alpha value is -3.22. The summed E-state index contributed by atoms with van der Waals surface area (Å²) in [4.78, 5) is 29.2. The molecule has 0 aromatic heterocycles. The van der Waals surface area contributed by atoms with Crippen LogP contribution in [0.2, 0.25) is 0 Å². The molecule has 2 aromatic carbocycles. The van der Waals surface area contributed by atoms with Gasteiger partial charge in [-0.05, 0) is 49.6 Å². The minimum absolute atomic E-state index is 0.0558. The lowest BCUT2D eigenvalue weighted by Crippen LogP contribution is -2.45. The first kappa shape index (κ1) is 20.1. The number of rotatable bonds is 5. The van der Waals surface area contributed by atoms with Crippen molar-refractivity contribution in [2.24, 2.45) is 5.92 Å². The van der Waals surface area contributed by atoms with Gasteiger partial charge in [-0.1, -0.05) is 24.3 Å². The van der Waals surface area contributed by atoms with Crippen molar-refractivity contribution in [1.82, 2.24) is 9.80 Å². The molecule has 3 amide bonds. The Labute approximate surface area is 176 Å². The van der Waals surface area contributed by atoms with Crippen molar-refractivity contribution in [3.63, 3.8) is 0 Å². The van der Waals surface area contributed by atoms with Gasteiger partial charge < -0.3 is 24.6 Å². The number of anilines is 1. The third-order valence-electron chi connectivity index (χ3n) is 5.66. The van der Waals surface area contributed by atoms with E-state index < -0.39 is 0 Å². The number of piperidine rings is 1. The molecule has 2 heterocycles. The maximum absolute atomic E-state index is 13.1. The van der Waals surface area contributed by atoms with Gasteiger partial charge in [0.05, 0.1) is 0 Å². The van der Waals surface area contributed by atoms with Gasteiger partial charge in [-0.15, -0.1) is 0 Å². The van der Waals surface area contributed by atoms with Crippen molar-refractivity contribution in [1.29, 1.82) is 0 Å². The van der Waals surface area contributed by atoms with E-state index in [9.17, 15) is 9.59 Å². The van der Waals surface area contributed by atoms with E-state index in [2.05, 4.69) is 5.32 Å². The Bertz CT molecular complexity index is 895. The van der Waals surface area contributed by atoms with E-state index in [-0.39, 0.29) is 24.6 Å². The molecule has 1 fully saturated rings. The monoisotopic (exact) mass is 409 g/mol. The molecule has 0 spiro atoms. The van der Waals surface area contributed by atoms with Crippen molar-refractivity contribution in [3.8, 4) is 11.5 Å². The van der Waals surface area contributed by atoms with E-state index in [1.165, 1.54) is 0 Å². The fourth-order valence-corrected chi connectivity index (χ4v) is 3.92. The first-order valence-corrected chi connectivity index (χ1v) is 10.4. The standard InChI is InChI=1S/C23H27N3O4/c1-2-25(15-17-8-9-20-21(14-17)30-16-29-20)22(27)18-10-12-26(13-11-18)23(28)24-19-6-4-3-5-7-19/h3-9,14,18H,2,10-13,15-16H2,1H3,(H,24,28). The van der Waals surface area contributed by atoms with Gasteiger partial charge in [-0.25, -0.2) is 4.79 Å². The van der Waals surface area contributed by atoms with Gasteiger partial charge in [0.2, 0.25) is 12.7 Å². The molecular formula is C23H27N3O4. The predicted molar refractivity (Wildman–Crippen MR) is 113 cm³/mol. The molecule has 0 radical (unpaired) electrons. The number of fused-ring (bicyclic) bond motifs is 1. The molecule has 2 aliphatic heterocycles. The number of amides is 3. The lowest BCUT2D eigenvalue weighted by Gasteiger charge is -2.34. The molecule has 1 saturated heterocycles. The first-order valence-electron chi connectivity index (χ1n) is 10.4. The average Bonchev–Trinajstić information content (AvgIpc) is 3.25. The number of para-hydroxylation sites is 1. The number of nitrogens with zero attached hydrogens (tertiary/aromatic N) is 2. The Kier molecular flexibility index (Phi) is 6.07. The Morgan fingerprint density at radius 2 is 1.80 bits per heavy atom. The SMILES string of the molecule is CCN(Cc1ccc2c(c1)OCO2)C(=O)C1CCN(C(=O)Nc2ccccc2)CC1. The zero-order valence-corrected chi connectivity index (χ0v) is 17.2. The maximum atomic E-state index is 13.1. The van der Waals surface area contributed by atoms with E-state index in [1.54, 1.807) is 4.90 Å². The molecule has 7 heteroatoms. The van der Waals surface area contributed by atoms with Crippen LogP contribution in [0.3, 0.4) is 0 Å². The molecule has 4 rings (SSSR count). The van der Waals surface area contributed by atoms with E-state index in [4.69, 9.17) is 9.47 Å². The third-order valence-corrected chi connectivity index (χ3v) is 5.66. The largest absolute Gasteiger partial charge is 0.454 e. The highest BCUT2D eigenvalue weighted by atomic mass is 16.7. The Morgan fingerprint density at radius 3 is 2.53 bits per heavy atom. The van der Waals surface area contributed by atoms with Crippen LogP contribution in [-0.2, 0) is 11.3 Å². The summed E-state index contributed by atoms with van der Waals surface area (Å²) in [5.74, 6) is 1.57. The van der Waals surface area contributed by atoms with Crippen LogP contribution in [0.5, 0.6) is 11.5 Å². The number of hydrogen-bond donors (Lipinski definition) is 1. The topological polar surface area (TPSA) is 71.1 Å². The minimum Gasteiger partial charge on any atom is -0.454 e. The molecule has 2 aliphatic rings. The highest BCUT2D eigenvalue weighted by Crippen LogP contribution is 2.33. The number of likely N-dealkylation sites (tertiary alicyclic amines) is 1. The van der Waals surface area contributed by atoms with Gasteiger partial charge >= 0.3 is 6.03 Å². The van der Waals surface area contributed by atoms with Crippen molar-refractivity contribution in [2.45, 2.75) is 26.3 Å². The molecule has 0 bridgehead atoms. The molecule has 0 atom stereocenters. The van der Waals surface area contributed by atoms with Gasteiger partial charge in [-0.3, -0.25) is 4.79 Å². The average molecular weight is 409 g/mol. The minimum atomic E-state index is -0.111. The summed E-state index contributed by atoms with van der Waals surface area (Å²) in [5, 5.41) is 2.91. The second-order valence-corrected chi connectivity index (χ2v) is 7.60. The van der Waals surface area contributed by atoms with Crippen molar-refractivity contribution < 1.29 is 19.1 Å². The third kappa shape index (κ3) is 4.50. The first-order chi connectivity index (χ1) is 14.6. The quantitative estimate of drug-likeness (QED) is 0.817. The molecule has 1 N–H and O–H groups in total. The van der Waals surface area contributed by atoms with E-state index in [1.807, 2.05) is 60.4 Å². The molecule has 0 aliphatic carbocycles. The zero-order valence-electron chi connectivity index (χ0n) is 17.2. The fourth-order valence-electron chi connectivity index (χ4n) is 3.92. The summed E-state index contributed by atoms with van der Waals surface area (Å²) in [6.45, 7) is 4.58. The van der Waals surface area contributed by atoms with Crippen LogP contribution in [-0.4, -0.2) is 48.2 Å². The number of benzene rings is 2. The highest BCUT2D eigenvalue weighted by molar-refractivity contribution is 5.89. The molecule has 0 saturated carbocycles. The van der Waals surface area contributed by atoms with Crippen LogP contribution in [0.4, 0.5) is 10.5 Å². The lowest BCUT2D eigenvalue weighted by molar-refractivity contribution is -0.137. The fraction of sp³-hybridized carbons (Fsp3) is 0.391. The van der Waals surface area contributed by atoms with Crippen molar-refractivity contribution >= 4 is 17.6 Å². The van der Waals surface area contributed by atoms with Crippen LogP contribution in [0.1, 0.15) is 25.3 Å². The van der Waals surface area contributed by atoms with Crippen molar-refractivity contribution in [3.05, 3.63) is 54.1 Å². The second-order valence-electron chi connectivity index (χ2n) is 7.60. The van der Waals surface area contributed by atoms with Crippen LogP contribution in [0, 0.1) is 5.92 Å². The summed E-state index contributed by atoms with van der Waals surface area (Å²) < 4.78 is 10.8. The molecule has 0 unspecified atom stereocenters. The van der Waals surface area contributed by atoms with Gasteiger partial charge in [0, 0.05) is 37.8 Å².